The molecule has 3 aromatic carbocycles. The minimum atomic E-state index is 0.649. The largest absolute Gasteiger partial charge is 0.493 e. The van der Waals surface area contributed by atoms with Crippen molar-refractivity contribution in [2.75, 3.05) is 43.4 Å². The second kappa shape index (κ2) is 13.4. The molecule has 5 aromatic rings. The van der Waals surface area contributed by atoms with E-state index in [2.05, 4.69) is 67.3 Å². The molecule has 2 heterocycles. The molecule has 7 nitrogen and oxygen atoms in total. The van der Waals surface area contributed by atoms with Gasteiger partial charge in [-0.2, -0.15) is 0 Å². The third kappa shape index (κ3) is 6.95. The Balaban J connectivity index is 1.00. The number of aryl methyl sites for hydroxylation is 1. The summed E-state index contributed by atoms with van der Waals surface area (Å²) in [6.45, 7) is 4.13. The first-order valence-electron chi connectivity index (χ1n) is 13.3. The summed E-state index contributed by atoms with van der Waals surface area (Å²) in [6, 6.07) is 26.8. The van der Waals surface area contributed by atoms with Crippen molar-refractivity contribution in [1.82, 2.24) is 20.3 Å². The number of pyridine rings is 1. The molecule has 0 spiro atoms. The van der Waals surface area contributed by atoms with Crippen LogP contribution >= 0.6 is 0 Å². The van der Waals surface area contributed by atoms with Crippen LogP contribution in [0.4, 0.5) is 11.5 Å². The number of aromatic nitrogens is 3. The molecule has 38 heavy (non-hydrogen) atoms. The summed E-state index contributed by atoms with van der Waals surface area (Å²) in [4.78, 5) is 13.3. The second-order valence-electron chi connectivity index (χ2n) is 9.17. The number of ether oxygens (including phenoxy) is 1. The van der Waals surface area contributed by atoms with E-state index in [1.54, 1.807) is 6.33 Å². The molecule has 0 aliphatic carbocycles. The normalized spacial score (nSPS) is 11.1. The third-order valence-electron chi connectivity index (χ3n) is 6.42. The van der Waals surface area contributed by atoms with Crippen LogP contribution < -0.4 is 20.7 Å². The van der Waals surface area contributed by atoms with Gasteiger partial charge in [0.05, 0.1) is 17.6 Å². The van der Waals surface area contributed by atoms with Crippen LogP contribution in [-0.2, 0) is 6.42 Å². The number of nitrogens with zero attached hydrogens (tertiary/aromatic N) is 3. The summed E-state index contributed by atoms with van der Waals surface area (Å²) < 4.78 is 5.98. The molecule has 0 aliphatic rings. The van der Waals surface area contributed by atoms with E-state index in [1.807, 2.05) is 48.7 Å². The van der Waals surface area contributed by atoms with Gasteiger partial charge in [-0.3, -0.25) is 4.98 Å². The summed E-state index contributed by atoms with van der Waals surface area (Å²) in [6.07, 6.45) is 6.47. The van der Waals surface area contributed by atoms with Crippen molar-refractivity contribution >= 4 is 33.3 Å². The van der Waals surface area contributed by atoms with Crippen LogP contribution in [0.1, 0.15) is 18.4 Å². The minimum absolute atomic E-state index is 0.649. The first-order valence-corrected chi connectivity index (χ1v) is 13.3. The molecular formula is C31H34N6O. The van der Waals surface area contributed by atoms with Gasteiger partial charge < -0.3 is 20.7 Å². The molecule has 0 saturated carbocycles. The second-order valence-corrected chi connectivity index (χ2v) is 9.17. The number of rotatable bonds is 14. The Hall–Kier alpha value is -4.23. The van der Waals surface area contributed by atoms with Gasteiger partial charge in [0.25, 0.3) is 0 Å². The molecule has 0 atom stereocenters. The number of nitrogens with one attached hydrogen (secondary N) is 3. The quantitative estimate of drug-likeness (QED) is 0.167. The van der Waals surface area contributed by atoms with Crippen molar-refractivity contribution in [1.29, 1.82) is 0 Å². The molecular weight excluding hydrogens is 472 g/mol. The SMILES string of the molecule is c1ccc(CCCNc2ncnc3cc(OCCCNCCNc4ccnc5ccccc45)ccc23)cc1. The molecule has 2 aromatic heterocycles. The lowest BCUT2D eigenvalue weighted by Crippen LogP contribution is -2.24. The van der Waals surface area contributed by atoms with E-state index in [9.17, 15) is 0 Å². The lowest BCUT2D eigenvalue weighted by molar-refractivity contribution is 0.309. The van der Waals surface area contributed by atoms with E-state index < -0.39 is 0 Å². The Kier molecular flexibility index (Phi) is 8.93. The maximum atomic E-state index is 5.98. The maximum absolute atomic E-state index is 5.98. The molecule has 0 fully saturated rings. The number of anilines is 2. The number of fused-ring (bicyclic) bond motifs is 2. The van der Waals surface area contributed by atoms with Crippen molar-refractivity contribution < 1.29 is 4.74 Å². The molecule has 0 bridgehead atoms. The van der Waals surface area contributed by atoms with Gasteiger partial charge >= 0.3 is 0 Å². The van der Waals surface area contributed by atoms with Crippen molar-refractivity contribution in [3.05, 3.63) is 97.0 Å². The molecule has 0 saturated heterocycles. The minimum Gasteiger partial charge on any atom is -0.493 e. The maximum Gasteiger partial charge on any atom is 0.137 e. The van der Waals surface area contributed by atoms with Gasteiger partial charge in [-0.15, -0.1) is 0 Å². The number of para-hydroxylation sites is 1. The summed E-state index contributed by atoms with van der Waals surface area (Å²) in [7, 11) is 0. The van der Waals surface area contributed by atoms with Crippen LogP contribution in [0.2, 0.25) is 0 Å². The van der Waals surface area contributed by atoms with Crippen LogP contribution in [0.5, 0.6) is 5.75 Å². The van der Waals surface area contributed by atoms with E-state index in [0.29, 0.717) is 6.61 Å². The van der Waals surface area contributed by atoms with Crippen LogP contribution in [-0.4, -0.2) is 47.7 Å². The summed E-state index contributed by atoms with van der Waals surface area (Å²) in [5.74, 6) is 1.70. The van der Waals surface area contributed by atoms with Crippen molar-refractivity contribution in [3.8, 4) is 5.75 Å². The predicted octanol–water partition coefficient (Wildman–Crippen LogP) is 5.69. The summed E-state index contributed by atoms with van der Waals surface area (Å²) in [5, 5.41) is 12.6. The fourth-order valence-corrected chi connectivity index (χ4v) is 4.46. The topological polar surface area (TPSA) is 84.0 Å². The predicted molar refractivity (Wildman–Crippen MR) is 156 cm³/mol. The third-order valence-corrected chi connectivity index (χ3v) is 6.42. The average molecular weight is 507 g/mol. The van der Waals surface area contributed by atoms with E-state index in [0.717, 1.165) is 84.5 Å². The first kappa shape index (κ1) is 25.4. The Morgan fingerprint density at radius 1 is 0.658 bits per heavy atom. The fraction of sp³-hybridized carbons (Fsp3) is 0.258. The Morgan fingerprint density at radius 2 is 1.55 bits per heavy atom. The number of hydrogen-bond acceptors (Lipinski definition) is 7. The number of hydrogen-bond donors (Lipinski definition) is 3. The summed E-state index contributed by atoms with van der Waals surface area (Å²) >= 11 is 0. The average Bonchev–Trinajstić information content (AvgIpc) is 2.97. The van der Waals surface area contributed by atoms with Gasteiger partial charge in [-0.1, -0.05) is 48.5 Å². The van der Waals surface area contributed by atoms with Crippen LogP contribution in [0, 0.1) is 0 Å². The smallest absolute Gasteiger partial charge is 0.137 e. The Labute approximate surface area is 223 Å². The van der Waals surface area contributed by atoms with Crippen LogP contribution in [0.25, 0.3) is 21.8 Å². The fourth-order valence-electron chi connectivity index (χ4n) is 4.46. The molecule has 5 rings (SSSR count). The monoisotopic (exact) mass is 506 g/mol. The first-order chi connectivity index (χ1) is 18.9. The Morgan fingerprint density at radius 3 is 2.50 bits per heavy atom. The van der Waals surface area contributed by atoms with Gasteiger partial charge in [-0.25, -0.2) is 9.97 Å². The molecule has 0 unspecified atom stereocenters. The van der Waals surface area contributed by atoms with Crippen molar-refractivity contribution in [3.63, 3.8) is 0 Å². The highest BCUT2D eigenvalue weighted by molar-refractivity contribution is 5.91. The number of benzene rings is 3. The van der Waals surface area contributed by atoms with Gasteiger partial charge in [0.2, 0.25) is 0 Å². The van der Waals surface area contributed by atoms with Crippen molar-refractivity contribution in [2.45, 2.75) is 19.3 Å². The molecule has 7 heteroatoms. The molecule has 3 N–H and O–H groups in total. The molecule has 0 radical (unpaired) electrons. The molecule has 194 valence electrons. The van der Waals surface area contributed by atoms with Gasteiger partial charge in [0.15, 0.2) is 0 Å². The standard InChI is InChI=1S/C31H34N6O/c1-2-8-24(9-3-1)10-6-17-35-31-27-14-13-25(22-30(27)36-23-37-31)38-21-7-16-32-19-20-34-29-15-18-33-28-12-5-4-11-26(28)29/h1-5,8-9,11-15,18,22-23,32H,6-7,10,16-17,19-21H2,(H,33,34)(H,35,36,37). The Bertz CT molecular complexity index is 1440. The molecule has 0 amide bonds. The van der Waals surface area contributed by atoms with Gasteiger partial charge in [-0.05, 0) is 55.6 Å². The lowest BCUT2D eigenvalue weighted by Gasteiger charge is -2.11. The van der Waals surface area contributed by atoms with Crippen molar-refractivity contribution in [2.24, 2.45) is 0 Å². The zero-order chi connectivity index (χ0) is 25.8. The zero-order valence-electron chi connectivity index (χ0n) is 21.6. The highest BCUT2D eigenvalue weighted by Crippen LogP contribution is 2.24. The van der Waals surface area contributed by atoms with E-state index in [4.69, 9.17) is 4.74 Å². The zero-order valence-corrected chi connectivity index (χ0v) is 21.6. The highest BCUT2D eigenvalue weighted by Gasteiger charge is 2.06. The highest BCUT2D eigenvalue weighted by atomic mass is 16.5. The van der Waals surface area contributed by atoms with Gasteiger partial charge in [0.1, 0.15) is 17.9 Å². The van der Waals surface area contributed by atoms with Gasteiger partial charge in [0, 0.05) is 48.4 Å². The van der Waals surface area contributed by atoms with E-state index in [-0.39, 0.29) is 0 Å². The summed E-state index contributed by atoms with van der Waals surface area (Å²) in [5.41, 5.74) is 4.37. The van der Waals surface area contributed by atoms with E-state index in [1.165, 1.54) is 5.56 Å². The lowest BCUT2D eigenvalue weighted by atomic mass is 10.1. The molecule has 0 aliphatic heterocycles. The van der Waals surface area contributed by atoms with Crippen LogP contribution in [0.3, 0.4) is 0 Å². The van der Waals surface area contributed by atoms with Crippen LogP contribution in [0.15, 0.2) is 91.4 Å². The van der Waals surface area contributed by atoms with E-state index >= 15 is 0 Å².